The SMILES string of the molecule is COC(=O)C(=O)c1ccc(OCCOc2ccc(OC)cc2)cc1. The third-order valence-corrected chi connectivity index (χ3v) is 3.17. The second-order valence-corrected chi connectivity index (χ2v) is 4.72. The van der Waals surface area contributed by atoms with Crippen LogP contribution in [-0.4, -0.2) is 39.2 Å². The summed E-state index contributed by atoms with van der Waals surface area (Å²) in [6.45, 7) is 0.714. The highest BCUT2D eigenvalue weighted by molar-refractivity contribution is 6.40. The summed E-state index contributed by atoms with van der Waals surface area (Å²) in [4.78, 5) is 22.8. The Morgan fingerprint density at radius 3 is 1.67 bits per heavy atom. The molecule has 0 heterocycles. The van der Waals surface area contributed by atoms with Gasteiger partial charge in [0.05, 0.1) is 14.2 Å². The van der Waals surface area contributed by atoms with Crippen molar-refractivity contribution in [3.63, 3.8) is 0 Å². The minimum absolute atomic E-state index is 0.253. The van der Waals surface area contributed by atoms with Gasteiger partial charge in [0.1, 0.15) is 30.5 Å². The molecule has 0 bridgehead atoms. The molecule has 2 aromatic rings. The number of methoxy groups -OCH3 is 2. The van der Waals surface area contributed by atoms with Crippen LogP contribution in [0, 0.1) is 0 Å². The fraction of sp³-hybridized carbons (Fsp3) is 0.222. The van der Waals surface area contributed by atoms with Crippen molar-refractivity contribution in [3.8, 4) is 17.2 Å². The van der Waals surface area contributed by atoms with E-state index in [0.29, 0.717) is 19.0 Å². The van der Waals surface area contributed by atoms with Crippen molar-refractivity contribution in [1.29, 1.82) is 0 Å². The zero-order valence-electron chi connectivity index (χ0n) is 13.5. The topological polar surface area (TPSA) is 71.1 Å². The van der Waals surface area contributed by atoms with Crippen molar-refractivity contribution in [2.75, 3.05) is 27.4 Å². The molecule has 0 radical (unpaired) electrons. The van der Waals surface area contributed by atoms with Crippen molar-refractivity contribution >= 4 is 11.8 Å². The Bertz CT molecular complexity index is 676. The van der Waals surface area contributed by atoms with E-state index in [-0.39, 0.29) is 5.56 Å². The average Bonchev–Trinajstić information content (AvgIpc) is 2.65. The van der Waals surface area contributed by atoms with Crippen LogP contribution in [0.3, 0.4) is 0 Å². The van der Waals surface area contributed by atoms with E-state index in [1.807, 2.05) is 24.3 Å². The molecule has 0 spiro atoms. The highest BCUT2D eigenvalue weighted by Gasteiger charge is 2.16. The number of ether oxygens (including phenoxy) is 4. The summed E-state index contributed by atoms with van der Waals surface area (Å²) in [5, 5.41) is 0. The van der Waals surface area contributed by atoms with Gasteiger partial charge in [-0.15, -0.1) is 0 Å². The molecule has 6 heteroatoms. The Morgan fingerprint density at radius 1 is 0.750 bits per heavy atom. The first kappa shape index (κ1) is 17.3. The molecule has 0 atom stereocenters. The number of rotatable bonds is 8. The van der Waals surface area contributed by atoms with E-state index in [1.54, 1.807) is 19.2 Å². The molecule has 0 fully saturated rings. The van der Waals surface area contributed by atoms with Gasteiger partial charge in [0.25, 0.3) is 5.78 Å². The number of ketones is 1. The maximum Gasteiger partial charge on any atom is 0.379 e. The third-order valence-electron chi connectivity index (χ3n) is 3.17. The summed E-state index contributed by atoms with van der Waals surface area (Å²) in [6, 6.07) is 13.5. The number of benzene rings is 2. The monoisotopic (exact) mass is 330 g/mol. The first-order valence-electron chi connectivity index (χ1n) is 7.26. The number of carbonyl (C=O) groups excluding carboxylic acids is 2. The van der Waals surface area contributed by atoms with Gasteiger partial charge in [0.15, 0.2) is 0 Å². The molecule has 2 rings (SSSR count). The van der Waals surface area contributed by atoms with Crippen LogP contribution < -0.4 is 14.2 Å². The number of hydrogen-bond donors (Lipinski definition) is 0. The van der Waals surface area contributed by atoms with Crippen LogP contribution in [0.1, 0.15) is 10.4 Å². The summed E-state index contributed by atoms with van der Waals surface area (Å²) in [5.41, 5.74) is 0.253. The van der Waals surface area contributed by atoms with E-state index in [4.69, 9.17) is 14.2 Å². The zero-order chi connectivity index (χ0) is 17.4. The van der Waals surface area contributed by atoms with Crippen molar-refractivity contribution in [3.05, 3.63) is 54.1 Å². The van der Waals surface area contributed by atoms with Crippen LogP contribution in [0.15, 0.2) is 48.5 Å². The Kier molecular flexibility index (Phi) is 6.19. The molecule has 0 saturated heterocycles. The first-order valence-corrected chi connectivity index (χ1v) is 7.26. The van der Waals surface area contributed by atoms with Gasteiger partial charge in [-0.1, -0.05) is 0 Å². The Morgan fingerprint density at radius 2 is 1.21 bits per heavy atom. The van der Waals surface area contributed by atoms with Gasteiger partial charge >= 0.3 is 5.97 Å². The molecule has 0 N–H and O–H groups in total. The quantitative estimate of drug-likeness (QED) is 0.320. The molecule has 0 aliphatic rings. The van der Waals surface area contributed by atoms with Crippen molar-refractivity contribution < 1.29 is 28.5 Å². The third kappa shape index (κ3) is 4.74. The standard InChI is InChI=1S/C18H18O6/c1-21-14-7-9-16(10-8-14)24-12-11-23-15-5-3-13(4-6-15)17(19)18(20)22-2/h3-10H,11-12H2,1-2H3. The lowest BCUT2D eigenvalue weighted by atomic mass is 10.1. The van der Waals surface area contributed by atoms with E-state index in [2.05, 4.69) is 4.74 Å². The smallest absolute Gasteiger partial charge is 0.379 e. The van der Waals surface area contributed by atoms with Gasteiger partial charge in [-0.05, 0) is 48.5 Å². The molecule has 0 aromatic heterocycles. The molecule has 24 heavy (non-hydrogen) atoms. The highest BCUT2D eigenvalue weighted by atomic mass is 16.5. The lowest BCUT2D eigenvalue weighted by Gasteiger charge is -2.09. The fourth-order valence-electron chi connectivity index (χ4n) is 1.90. The molecule has 2 aromatic carbocycles. The zero-order valence-corrected chi connectivity index (χ0v) is 13.5. The number of esters is 1. The predicted octanol–water partition coefficient (Wildman–Crippen LogP) is 2.51. The molecule has 0 aliphatic carbocycles. The van der Waals surface area contributed by atoms with Gasteiger partial charge in [-0.25, -0.2) is 4.79 Å². The van der Waals surface area contributed by atoms with Crippen LogP contribution in [-0.2, 0) is 9.53 Å². The molecular weight excluding hydrogens is 312 g/mol. The molecular formula is C18H18O6. The Hall–Kier alpha value is -3.02. The number of carbonyl (C=O) groups is 2. The summed E-state index contributed by atoms with van der Waals surface area (Å²) in [5.74, 6) is 0.483. The minimum Gasteiger partial charge on any atom is -0.497 e. The predicted molar refractivity (Wildman–Crippen MR) is 86.8 cm³/mol. The van der Waals surface area contributed by atoms with Crippen molar-refractivity contribution in [1.82, 2.24) is 0 Å². The van der Waals surface area contributed by atoms with E-state index >= 15 is 0 Å². The molecule has 6 nitrogen and oxygen atoms in total. The summed E-state index contributed by atoms with van der Waals surface area (Å²) in [7, 11) is 2.77. The van der Waals surface area contributed by atoms with Gasteiger partial charge in [0.2, 0.25) is 0 Å². The van der Waals surface area contributed by atoms with E-state index < -0.39 is 11.8 Å². The normalized spacial score (nSPS) is 9.92. The van der Waals surface area contributed by atoms with Gasteiger partial charge in [-0.2, -0.15) is 0 Å². The second kappa shape index (κ2) is 8.57. The maximum absolute atomic E-state index is 11.6. The summed E-state index contributed by atoms with van der Waals surface area (Å²) in [6.07, 6.45) is 0. The first-order chi connectivity index (χ1) is 11.6. The van der Waals surface area contributed by atoms with E-state index in [1.165, 1.54) is 19.2 Å². The van der Waals surface area contributed by atoms with E-state index in [0.717, 1.165) is 11.5 Å². The Labute approximate surface area is 139 Å². The lowest BCUT2D eigenvalue weighted by Crippen LogP contribution is -2.15. The van der Waals surface area contributed by atoms with Crippen LogP contribution in [0.4, 0.5) is 0 Å². The minimum atomic E-state index is -0.892. The van der Waals surface area contributed by atoms with Gasteiger partial charge in [-0.3, -0.25) is 4.79 Å². The van der Waals surface area contributed by atoms with Gasteiger partial charge in [0, 0.05) is 5.56 Å². The highest BCUT2D eigenvalue weighted by Crippen LogP contribution is 2.17. The second-order valence-electron chi connectivity index (χ2n) is 4.72. The van der Waals surface area contributed by atoms with E-state index in [9.17, 15) is 9.59 Å². The summed E-state index contributed by atoms with van der Waals surface area (Å²) >= 11 is 0. The molecule has 0 aliphatic heterocycles. The molecule has 0 unspecified atom stereocenters. The Balaban J connectivity index is 1.78. The molecule has 126 valence electrons. The van der Waals surface area contributed by atoms with Crippen LogP contribution >= 0.6 is 0 Å². The lowest BCUT2D eigenvalue weighted by molar-refractivity contribution is -0.135. The molecule has 0 amide bonds. The van der Waals surface area contributed by atoms with Crippen LogP contribution in [0.25, 0.3) is 0 Å². The fourth-order valence-corrected chi connectivity index (χ4v) is 1.90. The number of Topliss-reactive ketones (excluding diaryl/α,β-unsaturated/α-hetero) is 1. The van der Waals surface area contributed by atoms with Crippen molar-refractivity contribution in [2.45, 2.75) is 0 Å². The van der Waals surface area contributed by atoms with Crippen LogP contribution in [0.5, 0.6) is 17.2 Å². The van der Waals surface area contributed by atoms with Gasteiger partial charge < -0.3 is 18.9 Å². The van der Waals surface area contributed by atoms with Crippen molar-refractivity contribution in [2.24, 2.45) is 0 Å². The average molecular weight is 330 g/mol. The van der Waals surface area contributed by atoms with Crippen LogP contribution in [0.2, 0.25) is 0 Å². The maximum atomic E-state index is 11.6. The number of hydrogen-bond acceptors (Lipinski definition) is 6. The largest absolute Gasteiger partial charge is 0.497 e. The summed E-state index contributed by atoms with van der Waals surface area (Å²) < 4.78 is 20.5. The molecule has 0 saturated carbocycles.